The van der Waals surface area contributed by atoms with Crippen molar-refractivity contribution in [2.24, 2.45) is 11.1 Å². The molecule has 0 aromatic carbocycles. The first-order valence-corrected chi connectivity index (χ1v) is 6.85. The highest BCUT2D eigenvalue weighted by molar-refractivity contribution is 7.92. The van der Waals surface area contributed by atoms with Crippen molar-refractivity contribution in [1.82, 2.24) is 0 Å². The van der Waals surface area contributed by atoms with Gasteiger partial charge < -0.3 is 5.73 Å². The van der Waals surface area contributed by atoms with Crippen LogP contribution in [-0.2, 0) is 9.84 Å². The average molecular weight is 221 g/mol. The first-order chi connectivity index (χ1) is 6.16. The largest absolute Gasteiger partial charge is 0.326 e. The molecule has 14 heavy (non-hydrogen) atoms. The number of rotatable bonds is 4. The maximum atomic E-state index is 11.7. The summed E-state index contributed by atoms with van der Waals surface area (Å²) < 4.78 is 23.5. The van der Waals surface area contributed by atoms with E-state index in [1.165, 1.54) is 0 Å². The zero-order chi connectivity index (χ0) is 11.6. The molecule has 0 heterocycles. The minimum Gasteiger partial charge on any atom is -0.326 e. The van der Waals surface area contributed by atoms with Crippen molar-refractivity contribution in [3.63, 3.8) is 0 Å². The summed E-state index contributed by atoms with van der Waals surface area (Å²) in [6.07, 6.45) is 0.592. The summed E-state index contributed by atoms with van der Waals surface area (Å²) >= 11 is 0. The molecular weight excluding hydrogens is 198 g/mol. The van der Waals surface area contributed by atoms with Gasteiger partial charge >= 0.3 is 0 Å². The predicted molar refractivity (Wildman–Crippen MR) is 61.0 cm³/mol. The minimum absolute atomic E-state index is 0.164. The van der Waals surface area contributed by atoms with Crippen LogP contribution in [0.3, 0.4) is 0 Å². The molecule has 0 spiro atoms. The number of hydrogen-bond acceptors (Lipinski definition) is 3. The van der Waals surface area contributed by atoms with Crippen LogP contribution < -0.4 is 5.73 Å². The Morgan fingerprint density at radius 3 is 1.86 bits per heavy atom. The first kappa shape index (κ1) is 13.9. The molecule has 4 heteroatoms. The van der Waals surface area contributed by atoms with Crippen LogP contribution in [0.25, 0.3) is 0 Å². The molecule has 2 atom stereocenters. The van der Waals surface area contributed by atoms with E-state index in [4.69, 9.17) is 5.73 Å². The zero-order valence-electron chi connectivity index (χ0n) is 9.87. The molecule has 0 saturated carbocycles. The molecule has 0 bridgehead atoms. The average Bonchev–Trinajstić information content (AvgIpc) is 2.03. The fraction of sp³-hybridized carbons (Fsp3) is 1.00. The summed E-state index contributed by atoms with van der Waals surface area (Å²) in [5.74, 6) is 0.176. The SMILES string of the molecule is CCC(C(N)C(C)(C)C)S(=O)(=O)CC. The quantitative estimate of drug-likeness (QED) is 0.784. The third kappa shape index (κ3) is 3.24. The third-order valence-electron chi connectivity index (χ3n) is 2.67. The second-order valence-corrected chi connectivity index (χ2v) is 7.30. The fourth-order valence-corrected chi connectivity index (χ4v) is 3.29. The second-order valence-electron chi connectivity index (χ2n) is 4.79. The van der Waals surface area contributed by atoms with E-state index in [-0.39, 0.29) is 17.2 Å². The normalized spacial score (nSPS) is 17.9. The maximum Gasteiger partial charge on any atom is 0.154 e. The number of sulfone groups is 1. The Morgan fingerprint density at radius 2 is 1.64 bits per heavy atom. The summed E-state index contributed by atoms with van der Waals surface area (Å²) in [5, 5.41) is -0.410. The van der Waals surface area contributed by atoms with Crippen molar-refractivity contribution in [1.29, 1.82) is 0 Å². The van der Waals surface area contributed by atoms with E-state index in [2.05, 4.69) is 0 Å². The molecule has 86 valence electrons. The van der Waals surface area contributed by atoms with Gasteiger partial charge in [0, 0.05) is 11.8 Å². The summed E-state index contributed by atoms with van der Waals surface area (Å²) in [6.45, 7) is 9.49. The Morgan fingerprint density at radius 1 is 1.21 bits per heavy atom. The second kappa shape index (κ2) is 4.62. The Labute approximate surface area is 88.0 Å². The Hall–Kier alpha value is -0.0900. The smallest absolute Gasteiger partial charge is 0.154 e. The molecule has 0 aliphatic rings. The summed E-state index contributed by atoms with van der Waals surface area (Å²) in [6, 6.07) is -0.294. The molecule has 2 unspecified atom stereocenters. The molecule has 0 aromatic heterocycles. The summed E-state index contributed by atoms with van der Waals surface area (Å²) in [4.78, 5) is 0. The molecule has 0 aliphatic heterocycles. The van der Waals surface area contributed by atoms with Crippen molar-refractivity contribution in [3.05, 3.63) is 0 Å². The van der Waals surface area contributed by atoms with Crippen LogP contribution in [0.5, 0.6) is 0 Å². The Balaban J connectivity index is 4.93. The van der Waals surface area contributed by atoms with E-state index in [9.17, 15) is 8.42 Å². The summed E-state index contributed by atoms with van der Waals surface area (Å²) in [7, 11) is -3.02. The van der Waals surface area contributed by atoms with Gasteiger partial charge in [-0.25, -0.2) is 8.42 Å². The maximum absolute atomic E-state index is 11.7. The van der Waals surface area contributed by atoms with E-state index in [1.54, 1.807) is 6.92 Å². The molecule has 0 aliphatic carbocycles. The van der Waals surface area contributed by atoms with Crippen LogP contribution in [0.15, 0.2) is 0 Å². The summed E-state index contributed by atoms with van der Waals surface area (Å²) in [5.41, 5.74) is 5.82. The highest BCUT2D eigenvalue weighted by Gasteiger charge is 2.35. The van der Waals surface area contributed by atoms with Gasteiger partial charge in [0.05, 0.1) is 5.25 Å². The lowest BCUT2D eigenvalue weighted by Crippen LogP contribution is -2.49. The van der Waals surface area contributed by atoms with E-state index in [0.717, 1.165) is 0 Å². The fourth-order valence-electron chi connectivity index (χ4n) is 1.50. The molecule has 0 fully saturated rings. The highest BCUT2D eigenvalue weighted by Crippen LogP contribution is 2.25. The van der Waals surface area contributed by atoms with Crippen LogP contribution in [0.4, 0.5) is 0 Å². The van der Waals surface area contributed by atoms with Gasteiger partial charge in [0.1, 0.15) is 0 Å². The third-order valence-corrected chi connectivity index (χ3v) is 5.02. The molecule has 0 amide bonds. The van der Waals surface area contributed by atoms with Gasteiger partial charge in [-0.2, -0.15) is 0 Å². The van der Waals surface area contributed by atoms with E-state index in [0.29, 0.717) is 6.42 Å². The van der Waals surface area contributed by atoms with Crippen molar-refractivity contribution < 1.29 is 8.42 Å². The van der Waals surface area contributed by atoms with Crippen LogP contribution >= 0.6 is 0 Å². The monoisotopic (exact) mass is 221 g/mol. The van der Waals surface area contributed by atoms with E-state index < -0.39 is 15.1 Å². The van der Waals surface area contributed by atoms with Gasteiger partial charge in [-0.1, -0.05) is 34.6 Å². The Bertz CT molecular complexity index is 264. The molecule has 3 nitrogen and oxygen atoms in total. The van der Waals surface area contributed by atoms with Crippen molar-refractivity contribution in [2.45, 2.75) is 52.3 Å². The molecule has 0 aromatic rings. The van der Waals surface area contributed by atoms with E-state index in [1.807, 2.05) is 27.7 Å². The van der Waals surface area contributed by atoms with Crippen LogP contribution in [0.2, 0.25) is 0 Å². The van der Waals surface area contributed by atoms with Gasteiger partial charge in [-0.3, -0.25) is 0 Å². The van der Waals surface area contributed by atoms with Crippen LogP contribution in [-0.4, -0.2) is 25.5 Å². The van der Waals surface area contributed by atoms with Crippen molar-refractivity contribution in [3.8, 4) is 0 Å². The highest BCUT2D eigenvalue weighted by atomic mass is 32.2. The van der Waals surface area contributed by atoms with Crippen LogP contribution in [0.1, 0.15) is 41.0 Å². The minimum atomic E-state index is -3.02. The standard InChI is InChI=1S/C10H23NO2S/c1-6-8(14(12,13)7-2)9(11)10(3,4)5/h8-9H,6-7,11H2,1-5H3. The lowest BCUT2D eigenvalue weighted by atomic mass is 9.84. The van der Waals surface area contributed by atoms with Gasteiger partial charge in [-0.15, -0.1) is 0 Å². The molecular formula is C10H23NO2S. The molecule has 0 saturated heterocycles. The Kier molecular flexibility index (Phi) is 4.59. The lowest BCUT2D eigenvalue weighted by Gasteiger charge is -2.33. The van der Waals surface area contributed by atoms with Crippen LogP contribution in [0, 0.1) is 5.41 Å². The van der Waals surface area contributed by atoms with Gasteiger partial charge in [0.25, 0.3) is 0 Å². The number of hydrogen-bond donors (Lipinski definition) is 1. The number of nitrogens with two attached hydrogens (primary N) is 1. The van der Waals surface area contributed by atoms with Crippen molar-refractivity contribution in [2.75, 3.05) is 5.75 Å². The van der Waals surface area contributed by atoms with Gasteiger partial charge in [0.2, 0.25) is 0 Å². The van der Waals surface area contributed by atoms with Gasteiger partial charge in [0.15, 0.2) is 9.84 Å². The zero-order valence-corrected chi connectivity index (χ0v) is 10.7. The molecule has 0 radical (unpaired) electrons. The first-order valence-electron chi connectivity index (χ1n) is 5.14. The topological polar surface area (TPSA) is 60.2 Å². The van der Waals surface area contributed by atoms with E-state index >= 15 is 0 Å². The molecule has 2 N–H and O–H groups in total. The predicted octanol–water partition coefficient (Wildman–Crippen LogP) is 1.57. The van der Waals surface area contributed by atoms with Crippen molar-refractivity contribution >= 4 is 9.84 Å². The lowest BCUT2D eigenvalue weighted by molar-refractivity contribution is 0.304. The molecule has 0 rings (SSSR count). The van der Waals surface area contributed by atoms with Gasteiger partial charge in [-0.05, 0) is 11.8 Å².